The molecule has 10 heteroatoms. The third-order valence-electron chi connectivity index (χ3n) is 6.08. The first-order valence-corrected chi connectivity index (χ1v) is 12.9. The molecule has 0 saturated heterocycles. The van der Waals surface area contributed by atoms with Crippen LogP contribution < -0.4 is 10.1 Å². The van der Waals surface area contributed by atoms with Crippen molar-refractivity contribution in [2.75, 3.05) is 19.7 Å². The van der Waals surface area contributed by atoms with Crippen molar-refractivity contribution in [1.29, 1.82) is 0 Å². The first-order chi connectivity index (χ1) is 16.2. The number of nitrogens with zero attached hydrogens (tertiary/aromatic N) is 2. The van der Waals surface area contributed by atoms with Crippen molar-refractivity contribution in [3.8, 4) is 5.75 Å². The maximum atomic E-state index is 12.7. The van der Waals surface area contributed by atoms with Gasteiger partial charge in [-0.15, -0.1) is 0 Å². The van der Waals surface area contributed by atoms with E-state index in [-0.39, 0.29) is 29.8 Å². The second-order valence-electron chi connectivity index (χ2n) is 8.29. The zero-order valence-corrected chi connectivity index (χ0v) is 20.6. The molecule has 0 aromatic heterocycles. The number of hydrogen-bond donors (Lipinski definition) is 1. The van der Waals surface area contributed by atoms with Gasteiger partial charge < -0.3 is 10.1 Å². The molecule has 1 aliphatic rings. The molecule has 0 radical (unpaired) electrons. The largest absolute Gasteiger partial charge is 0.477 e. The average molecular weight is 490 g/mol. The van der Waals surface area contributed by atoms with E-state index >= 15 is 0 Å². The number of nitrogens with one attached hydrogen (secondary N) is 1. The molecule has 1 atom stereocenters. The Morgan fingerprint density at radius 1 is 1.12 bits per heavy atom. The molecule has 0 heterocycles. The number of rotatable bonds is 10. The SMILES string of the molecule is CCN(CC)S(=O)(=O)c1ccc(OCC(=O)NC(C)c2ccc3c(c2)CCCC3)c([N+](=O)[O-])c1. The molecule has 0 saturated carbocycles. The van der Waals surface area contributed by atoms with E-state index in [2.05, 4.69) is 17.4 Å². The standard InChI is InChI=1S/C24H31N3O6S/c1-4-26(5-2)34(31,32)21-12-13-23(22(15-21)27(29)30)33-16-24(28)25-17(3)19-11-10-18-8-6-7-9-20(18)14-19/h10-15,17H,4-9,16H2,1-3H3,(H,25,28). The summed E-state index contributed by atoms with van der Waals surface area (Å²) >= 11 is 0. The highest BCUT2D eigenvalue weighted by Crippen LogP contribution is 2.31. The lowest BCUT2D eigenvalue weighted by Gasteiger charge is -2.20. The zero-order chi connectivity index (χ0) is 24.9. The monoisotopic (exact) mass is 489 g/mol. The normalized spacial score (nSPS) is 14.4. The number of nitro groups is 1. The lowest BCUT2D eigenvalue weighted by atomic mass is 9.89. The van der Waals surface area contributed by atoms with Crippen molar-refractivity contribution in [3.05, 3.63) is 63.2 Å². The molecule has 1 unspecified atom stereocenters. The van der Waals surface area contributed by atoms with E-state index in [0.29, 0.717) is 0 Å². The molecule has 0 aliphatic heterocycles. The van der Waals surface area contributed by atoms with E-state index in [9.17, 15) is 23.3 Å². The van der Waals surface area contributed by atoms with Crippen LogP contribution in [0.1, 0.15) is 56.3 Å². The fourth-order valence-electron chi connectivity index (χ4n) is 4.17. The van der Waals surface area contributed by atoms with Crippen molar-refractivity contribution < 1.29 is 22.9 Å². The van der Waals surface area contributed by atoms with Gasteiger partial charge in [-0.05, 0) is 61.4 Å². The van der Waals surface area contributed by atoms with Crippen molar-refractivity contribution in [1.82, 2.24) is 9.62 Å². The minimum atomic E-state index is -3.86. The van der Waals surface area contributed by atoms with Crippen LogP contribution in [-0.4, -0.2) is 43.2 Å². The zero-order valence-electron chi connectivity index (χ0n) is 19.7. The lowest BCUT2D eigenvalue weighted by Crippen LogP contribution is -2.31. The van der Waals surface area contributed by atoms with Crippen LogP contribution in [0.3, 0.4) is 0 Å². The fraction of sp³-hybridized carbons (Fsp3) is 0.458. The minimum absolute atomic E-state index is 0.167. The Hall–Kier alpha value is -2.98. The Kier molecular flexibility index (Phi) is 8.27. The third kappa shape index (κ3) is 5.74. The molecule has 0 fully saturated rings. The number of amides is 1. The van der Waals surface area contributed by atoms with E-state index < -0.39 is 33.1 Å². The van der Waals surface area contributed by atoms with E-state index in [4.69, 9.17) is 4.74 Å². The van der Waals surface area contributed by atoms with E-state index in [1.165, 1.54) is 40.4 Å². The van der Waals surface area contributed by atoms with Gasteiger partial charge in [-0.2, -0.15) is 4.31 Å². The summed E-state index contributed by atoms with van der Waals surface area (Å²) in [5.41, 5.74) is 3.15. The molecule has 1 N–H and O–H groups in total. The molecule has 0 spiro atoms. The van der Waals surface area contributed by atoms with Crippen molar-refractivity contribution in [2.24, 2.45) is 0 Å². The molecule has 3 rings (SSSR count). The van der Waals surface area contributed by atoms with Gasteiger partial charge in [0.1, 0.15) is 0 Å². The van der Waals surface area contributed by atoms with E-state index in [0.717, 1.165) is 24.5 Å². The predicted octanol–water partition coefficient (Wildman–Crippen LogP) is 3.76. The number of ether oxygens (including phenoxy) is 1. The molecule has 34 heavy (non-hydrogen) atoms. The van der Waals surface area contributed by atoms with E-state index in [1.54, 1.807) is 13.8 Å². The Morgan fingerprint density at radius 2 is 1.79 bits per heavy atom. The first-order valence-electron chi connectivity index (χ1n) is 11.5. The molecule has 1 amide bonds. The summed E-state index contributed by atoms with van der Waals surface area (Å²) < 4.78 is 32.0. The van der Waals surface area contributed by atoms with Crippen LogP contribution >= 0.6 is 0 Å². The summed E-state index contributed by atoms with van der Waals surface area (Å²) in [6.45, 7) is 5.31. The van der Waals surface area contributed by atoms with Crippen LogP contribution in [0.25, 0.3) is 0 Å². The van der Waals surface area contributed by atoms with Gasteiger partial charge in [-0.25, -0.2) is 8.42 Å². The van der Waals surface area contributed by atoms with E-state index in [1.807, 2.05) is 13.0 Å². The van der Waals surface area contributed by atoms with Gasteiger partial charge in [0.2, 0.25) is 10.0 Å². The summed E-state index contributed by atoms with van der Waals surface area (Å²) in [5.74, 6) is -0.598. The van der Waals surface area contributed by atoms with Gasteiger partial charge in [0, 0.05) is 19.2 Å². The fourth-order valence-corrected chi connectivity index (χ4v) is 5.65. The van der Waals surface area contributed by atoms with Crippen LogP contribution in [0.5, 0.6) is 5.75 Å². The van der Waals surface area contributed by atoms with Gasteiger partial charge in [-0.1, -0.05) is 32.0 Å². The average Bonchev–Trinajstić information content (AvgIpc) is 2.82. The molecule has 9 nitrogen and oxygen atoms in total. The van der Waals surface area contributed by atoms with Gasteiger partial charge in [-0.3, -0.25) is 14.9 Å². The van der Waals surface area contributed by atoms with Crippen molar-refractivity contribution in [3.63, 3.8) is 0 Å². The number of sulfonamides is 1. The van der Waals surface area contributed by atoms with Crippen LogP contribution in [-0.2, 0) is 27.7 Å². The molecule has 2 aromatic carbocycles. The number of fused-ring (bicyclic) bond motifs is 1. The highest BCUT2D eigenvalue weighted by atomic mass is 32.2. The molecular formula is C24H31N3O6S. The predicted molar refractivity (Wildman–Crippen MR) is 128 cm³/mol. The summed E-state index contributed by atoms with van der Waals surface area (Å²) in [5, 5.41) is 14.4. The lowest BCUT2D eigenvalue weighted by molar-refractivity contribution is -0.386. The number of carbonyl (C=O) groups excluding carboxylic acids is 1. The Bertz CT molecular complexity index is 1160. The topological polar surface area (TPSA) is 119 Å². The minimum Gasteiger partial charge on any atom is -0.477 e. The Morgan fingerprint density at radius 3 is 2.44 bits per heavy atom. The molecule has 2 aromatic rings. The number of nitro benzene ring substituents is 1. The Labute approximate surface area is 200 Å². The van der Waals surface area contributed by atoms with Gasteiger partial charge in [0.15, 0.2) is 12.4 Å². The highest BCUT2D eigenvalue weighted by molar-refractivity contribution is 7.89. The second-order valence-corrected chi connectivity index (χ2v) is 10.2. The second kappa shape index (κ2) is 11.0. The van der Waals surface area contributed by atoms with Crippen molar-refractivity contribution >= 4 is 21.6 Å². The summed E-state index contributed by atoms with van der Waals surface area (Å²) in [4.78, 5) is 23.1. The number of hydrogen-bond acceptors (Lipinski definition) is 6. The van der Waals surface area contributed by atoms with Gasteiger partial charge in [0.05, 0.1) is 15.9 Å². The molecule has 184 valence electrons. The number of benzene rings is 2. The summed E-state index contributed by atoms with van der Waals surface area (Å²) in [6, 6.07) is 9.44. The number of aryl methyl sites for hydroxylation is 2. The number of carbonyl (C=O) groups is 1. The Balaban J connectivity index is 1.68. The summed E-state index contributed by atoms with van der Waals surface area (Å²) in [6.07, 6.45) is 4.48. The smallest absolute Gasteiger partial charge is 0.312 e. The first kappa shape index (κ1) is 25.6. The van der Waals surface area contributed by atoms with Crippen LogP contribution in [0.15, 0.2) is 41.3 Å². The third-order valence-corrected chi connectivity index (χ3v) is 8.12. The van der Waals surface area contributed by atoms with Gasteiger partial charge >= 0.3 is 5.69 Å². The maximum absolute atomic E-state index is 12.7. The molecular weight excluding hydrogens is 458 g/mol. The highest BCUT2D eigenvalue weighted by Gasteiger charge is 2.26. The quantitative estimate of drug-likeness (QED) is 0.401. The van der Waals surface area contributed by atoms with Crippen LogP contribution in [0.2, 0.25) is 0 Å². The van der Waals surface area contributed by atoms with Crippen LogP contribution in [0.4, 0.5) is 5.69 Å². The molecule has 1 aliphatic carbocycles. The summed E-state index contributed by atoms with van der Waals surface area (Å²) in [7, 11) is -3.86. The van der Waals surface area contributed by atoms with Crippen LogP contribution in [0, 0.1) is 10.1 Å². The molecule has 0 bridgehead atoms. The van der Waals surface area contributed by atoms with Crippen molar-refractivity contribution in [2.45, 2.75) is 57.4 Å². The van der Waals surface area contributed by atoms with Gasteiger partial charge in [0.25, 0.3) is 5.91 Å². The maximum Gasteiger partial charge on any atom is 0.312 e.